The Morgan fingerprint density at radius 3 is 2.40 bits per heavy atom. The van der Waals surface area contributed by atoms with Crippen LogP contribution in [0.3, 0.4) is 0 Å². The molecule has 1 radical (unpaired) electrons. The minimum atomic E-state index is -1.18. The maximum atomic E-state index is 11.1. The van der Waals surface area contributed by atoms with Crippen LogP contribution in [0.1, 0.15) is 20.8 Å². The van der Waals surface area contributed by atoms with Gasteiger partial charge in [0.05, 0.1) is 0 Å². The molecule has 0 rings (SSSR count). The standard InChI is InChI=1S/C9H17N2O4/c1-6(12)11-7(13)5-10-8(14)15-9(2,3)4/h6,12H,1,5H2,2-4H3,(H,10,14)(H,11,13). The van der Waals surface area contributed by atoms with Gasteiger partial charge in [-0.2, -0.15) is 0 Å². The van der Waals surface area contributed by atoms with E-state index in [-0.39, 0.29) is 6.54 Å². The number of hydrogen-bond donors (Lipinski definition) is 3. The topological polar surface area (TPSA) is 87.7 Å². The van der Waals surface area contributed by atoms with E-state index in [1.54, 1.807) is 20.8 Å². The van der Waals surface area contributed by atoms with Gasteiger partial charge in [0, 0.05) is 0 Å². The lowest BCUT2D eigenvalue weighted by Gasteiger charge is -2.19. The van der Waals surface area contributed by atoms with Crippen LogP contribution in [0.4, 0.5) is 4.79 Å². The Morgan fingerprint density at radius 2 is 2.00 bits per heavy atom. The average molecular weight is 217 g/mol. The molecule has 6 nitrogen and oxygen atoms in total. The fourth-order valence-corrected chi connectivity index (χ4v) is 0.703. The molecular formula is C9H17N2O4. The molecule has 0 fully saturated rings. The van der Waals surface area contributed by atoms with Gasteiger partial charge in [-0.3, -0.25) is 4.79 Å². The summed E-state index contributed by atoms with van der Waals surface area (Å²) in [6.07, 6.45) is -1.87. The highest BCUT2D eigenvalue weighted by molar-refractivity contribution is 5.82. The third kappa shape index (κ3) is 9.01. The molecule has 0 bridgehead atoms. The van der Waals surface area contributed by atoms with Crippen molar-refractivity contribution in [2.75, 3.05) is 6.54 Å². The van der Waals surface area contributed by atoms with Crippen molar-refractivity contribution in [3.05, 3.63) is 6.92 Å². The molecule has 0 aromatic carbocycles. The first-order valence-electron chi connectivity index (χ1n) is 4.48. The monoisotopic (exact) mass is 217 g/mol. The summed E-state index contributed by atoms with van der Waals surface area (Å²) < 4.78 is 4.88. The third-order valence-corrected chi connectivity index (χ3v) is 1.12. The number of carbonyl (C=O) groups excluding carboxylic acids is 2. The fraction of sp³-hybridized carbons (Fsp3) is 0.667. The predicted octanol–water partition coefficient (Wildman–Crippen LogP) is -0.220. The largest absolute Gasteiger partial charge is 0.444 e. The van der Waals surface area contributed by atoms with Gasteiger partial charge in [-0.1, -0.05) is 0 Å². The number of aliphatic hydroxyl groups excluding tert-OH is 1. The summed E-state index contributed by atoms with van der Waals surface area (Å²) in [4.78, 5) is 22.0. The van der Waals surface area contributed by atoms with Crippen LogP contribution in [0.25, 0.3) is 0 Å². The van der Waals surface area contributed by atoms with Gasteiger partial charge in [0.15, 0.2) is 0 Å². The van der Waals surface area contributed by atoms with Crippen LogP contribution in [0, 0.1) is 6.92 Å². The van der Waals surface area contributed by atoms with E-state index in [0.717, 1.165) is 0 Å². The highest BCUT2D eigenvalue weighted by Gasteiger charge is 2.16. The molecule has 2 amide bonds. The van der Waals surface area contributed by atoms with Crippen LogP contribution in [0.5, 0.6) is 0 Å². The van der Waals surface area contributed by atoms with Crippen LogP contribution in [-0.4, -0.2) is 35.5 Å². The van der Waals surface area contributed by atoms with Crippen LogP contribution >= 0.6 is 0 Å². The first-order chi connectivity index (χ1) is 6.70. The molecule has 1 atom stereocenters. The number of alkyl carbamates (subject to hydrolysis) is 1. The maximum Gasteiger partial charge on any atom is 0.408 e. The van der Waals surface area contributed by atoms with E-state index in [4.69, 9.17) is 9.84 Å². The Labute approximate surface area is 89.0 Å². The highest BCUT2D eigenvalue weighted by atomic mass is 16.6. The molecule has 0 aliphatic carbocycles. The van der Waals surface area contributed by atoms with Crippen LogP contribution in [0.15, 0.2) is 0 Å². The van der Waals surface area contributed by atoms with E-state index in [1.165, 1.54) is 0 Å². The zero-order valence-electron chi connectivity index (χ0n) is 9.16. The van der Waals surface area contributed by atoms with Crippen molar-refractivity contribution in [2.45, 2.75) is 32.6 Å². The second-order valence-electron chi connectivity index (χ2n) is 3.94. The Balaban J connectivity index is 3.77. The van der Waals surface area contributed by atoms with Crippen molar-refractivity contribution in [2.24, 2.45) is 0 Å². The van der Waals surface area contributed by atoms with Crippen molar-refractivity contribution >= 4 is 12.0 Å². The van der Waals surface area contributed by atoms with Gasteiger partial charge in [-0.05, 0) is 27.7 Å². The number of ether oxygens (including phenoxy) is 1. The van der Waals surface area contributed by atoms with Crippen molar-refractivity contribution in [1.82, 2.24) is 10.6 Å². The highest BCUT2D eigenvalue weighted by Crippen LogP contribution is 2.05. The number of aliphatic hydroxyl groups is 1. The molecule has 0 spiro atoms. The van der Waals surface area contributed by atoms with Gasteiger partial charge in [0.25, 0.3) is 0 Å². The summed E-state index contributed by atoms with van der Waals surface area (Å²) >= 11 is 0. The molecule has 0 aliphatic heterocycles. The van der Waals surface area contributed by atoms with Crippen molar-refractivity contribution in [1.29, 1.82) is 0 Å². The van der Waals surface area contributed by atoms with Gasteiger partial charge >= 0.3 is 6.09 Å². The Bertz CT molecular complexity index is 233. The fourth-order valence-electron chi connectivity index (χ4n) is 0.703. The molecule has 0 aromatic rings. The molecule has 1 unspecified atom stereocenters. The van der Waals surface area contributed by atoms with Crippen molar-refractivity contribution in [3.8, 4) is 0 Å². The van der Waals surface area contributed by atoms with E-state index in [2.05, 4.69) is 17.6 Å². The van der Waals surface area contributed by atoms with Gasteiger partial charge in [0.2, 0.25) is 5.91 Å². The lowest BCUT2D eigenvalue weighted by atomic mass is 10.2. The maximum absolute atomic E-state index is 11.1. The summed E-state index contributed by atoms with van der Waals surface area (Å²) in [5, 5.41) is 13.0. The SMILES string of the molecule is [CH2]C(O)NC(=O)CNC(=O)OC(C)(C)C. The summed E-state index contributed by atoms with van der Waals surface area (Å²) in [6.45, 7) is 8.03. The van der Waals surface area contributed by atoms with Crippen LogP contribution in [0.2, 0.25) is 0 Å². The van der Waals surface area contributed by atoms with Crippen LogP contribution < -0.4 is 10.6 Å². The molecule has 0 heterocycles. The van der Waals surface area contributed by atoms with Gasteiger partial charge in [-0.25, -0.2) is 4.79 Å². The first kappa shape index (κ1) is 13.7. The van der Waals surface area contributed by atoms with E-state index >= 15 is 0 Å². The van der Waals surface area contributed by atoms with Crippen molar-refractivity contribution in [3.63, 3.8) is 0 Å². The molecule has 3 N–H and O–H groups in total. The first-order valence-corrected chi connectivity index (χ1v) is 4.48. The Morgan fingerprint density at radius 1 is 1.47 bits per heavy atom. The van der Waals surface area contributed by atoms with Gasteiger partial charge in [-0.15, -0.1) is 0 Å². The zero-order valence-corrected chi connectivity index (χ0v) is 9.16. The number of carbonyl (C=O) groups is 2. The minimum Gasteiger partial charge on any atom is -0.444 e. The lowest BCUT2D eigenvalue weighted by Crippen LogP contribution is -2.42. The molecular weight excluding hydrogens is 200 g/mol. The molecule has 87 valence electrons. The number of amides is 2. The van der Waals surface area contributed by atoms with E-state index in [1.807, 2.05) is 0 Å². The van der Waals surface area contributed by atoms with Gasteiger partial charge < -0.3 is 20.5 Å². The third-order valence-electron chi connectivity index (χ3n) is 1.12. The van der Waals surface area contributed by atoms with Crippen molar-refractivity contribution < 1.29 is 19.4 Å². The minimum absolute atomic E-state index is 0.262. The Kier molecular flexibility index (Phi) is 5.07. The molecule has 0 saturated carbocycles. The quantitative estimate of drug-likeness (QED) is 0.570. The Hall–Kier alpha value is -1.30. The number of hydrogen-bond acceptors (Lipinski definition) is 4. The summed E-state index contributed by atoms with van der Waals surface area (Å²) in [7, 11) is 0. The van der Waals surface area contributed by atoms with E-state index in [9.17, 15) is 9.59 Å². The van der Waals surface area contributed by atoms with E-state index in [0.29, 0.717) is 0 Å². The smallest absolute Gasteiger partial charge is 0.408 e. The normalized spacial score (nSPS) is 12.9. The van der Waals surface area contributed by atoms with E-state index < -0.39 is 23.8 Å². The predicted molar refractivity (Wildman–Crippen MR) is 53.7 cm³/mol. The van der Waals surface area contributed by atoms with Gasteiger partial charge in [0.1, 0.15) is 18.4 Å². The molecule has 0 saturated heterocycles. The van der Waals surface area contributed by atoms with Crippen LogP contribution in [-0.2, 0) is 9.53 Å². The number of rotatable bonds is 3. The molecule has 15 heavy (non-hydrogen) atoms. The summed E-state index contributed by atoms with van der Waals surface area (Å²) in [5.74, 6) is -0.539. The summed E-state index contributed by atoms with van der Waals surface area (Å²) in [6, 6.07) is 0. The zero-order chi connectivity index (χ0) is 12.1. The average Bonchev–Trinajstić information content (AvgIpc) is 1.96. The second kappa shape index (κ2) is 5.55. The molecule has 6 heteroatoms. The summed E-state index contributed by atoms with van der Waals surface area (Å²) in [5.41, 5.74) is -0.605. The number of nitrogens with one attached hydrogen (secondary N) is 2. The molecule has 0 aromatic heterocycles. The molecule has 0 aliphatic rings. The second-order valence-corrected chi connectivity index (χ2v) is 3.94. The lowest BCUT2D eigenvalue weighted by molar-refractivity contribution is -0.122.